The van der Waals surface area contributed by atoms with Gasteiger partial charge in [0, 0.05) is 18.1 Å². The Balaban J connectivity index is 2.86. The van der Waals surface area contributed by atoms with E-state index in [2.05, 4.69) is 16.9 Å². The van der Waals surface area contributed by atoms with Gasteiger partial charge in [-0.05, 0) is 30.2 Å². The first-order chi connectivity index (χ1) is 7.67. The highest BCUT2D eigenvalue weighted by atomic mass is 35.5. The summed E-state index contributed by atoms with van der Waals surface area (Å²) in [5.41, 5.74) is 2.75. The average Bonchev–Trinajstić information content (AvgIpc) is 2.28. The number of rotatable bonds is 4. The van der Waals surface area contributed by atoms with Crippen LogP contribution >= 0.6 is 11.6 Å². The van der Waals surface area contributed by atoms with Crippen LogP contribution in [0.5, 0.6) is 0 Å². The lowest BCUT2D eigenvalue weighted by molar-refractivity contribution is -0.113. The number of halogens is 1. The first-order valence-electron chi connectivity index (χ1n) is 4.78. The topological polar surface area (TPSA) is 41.5 Å². The molecule has 0 saturated heterocycles. The van der Waals surface area contributed by atoms with Crippen LogP contribution in [-0.2, 0) is 4.79 Å². The van der Waals surface area contributed by atoms with Crippen molar-refractivity contribution < 1.29 is 4.79 Å². The largest absolute Gasteiger partial charge is 0.325 e. The fraction of sp³-hybridized carbons (Fsp3) is 0.167. The lowest BCUT2D eigenvalue weighted by Gasteiger charge is -2.05. The van der Waals surface area contributed by atoms with Crippen molar-refractivity contribution in [3.05, 3.63) is 42.1 Å². The maximum Gasteiger partial charge on any atom is 0.239 e. The molecular weight excluding hydrogens is 224 g/mol. The van der Waals surface area contributed by atoms with E-state index in [1.165, 1.54) is 6.20 Å². The number of nitrogens with zero attached hydrogens (tertiary/aromatic N) is 1. The number of aryl methyl sites for hydroxylation is 1. The van der Waals surface area contributed by atoms with Gasteiger partial charge in [-0.1, -0.05) is 12.6 Å². The molecule has 0 spiro atoms. The monoisotopic (exact) mass is 236 g/mol. The van der Waals surface area contributed by atoms with Crippen LogP contribution in [0.15, 0.2) is 36.0 Å². The summed E-state index contributed by atoms with van der Waals surface area (Å²) >= 11 is 5.40. The van der Waals surface area contributed by atoms with Crippen molar-refractivity contribution >= 4 is 29.4 Å². The standard InChI is InChI=1S/C12H13ClN2O/c1-3-14-8-10-4-5-11(6-9(10)2)15-12(16)7-13/h3-6,8H,1,7H2,2H3,(H,15,16). The van der Waals surface area contributed by atoms with E-state index >= 15 is 0 Å². The molecule has 0 fully saturated rings. The van der Waals surface area contributed by atoms with Crippen molar-refractivity contribution in [3.63, 3.8) is 0 Å². The molecule has 0 radical (unpaired) electrons. The molecule has 0 aliphatic heterocycles. The van der Waals surface area contributed by atoms with Gasteiger partial charge in [0.05, 0.1) is 0 Å². The minimum absolute atomic E-state index is 0.0429. The molecule has 1 aromatic rings. The molecular formula is C12H13ClN2O. The fourth-order valence-corrected chi connectivity index (χ4v) is 1.29. The molecule has 1 rings (SSSR count). The number of benzene rings is 1. The number of aliphatic imine (C=N–C) groups is 1. The lowest BCUT2D eigenvalue weighted by Crippen LogP contribution is -2.12. The van der Waals surface area contributed by atoms with Gasteiger partial charge in [-0.2, -0.15) is 0 Å². The summed E-state index contributed by atoms with van der Waals surface area (Å²) in [6.07, 6.45) is 3.19. The first-order valence-corrected chi connectivity index (χ1v) is 5.31. The van der Waals surface area contributed by atoms with Crippen molar-refractivity contribution in [1.29, 1.82) is 0 Å². The second-order valence-corrected chi connectivity index (χ2v) is 3.48. The van der Waals surface area contributed by atoms with Crippen LogP contribution in [0.4, 0.5) is 5.69 Å². The van der Waals surface area contributed by atoms with Gasteiger partial charge in [-0.25, -0.2) is 0 Å². The molecule has 0 aromatic heterocycles. The van der Waals surface area contributed by atoms with Gasteiger partial charge in [0.25, 0.3) is 0 Å². The minimum Gasteiger partial charge on any atom is -0.325 e. The van der Waals surface area contributed by atoms with Gasteiger partial charge in [-0.15, -0.1) is 11.6 Å². The van der Waals surface area contributed by atoms with Crippen LogP contribution < -0.4 is 5.32 Å². The quantitative estimate of drug-likeness (QED) is 0.634. The molecule has 1 N–H and O–H groups in total. The summed E-state index contributed by atoms with van der Waals surface area (Å²) in [6, 6.07) is 5.56. The summed E-state index contributed by atoms with van der Waals surface area (Å²) in [5.74, 6) is -0.257. The number of anilines is 1. The molecule has 4 heteroatoms. The van der Waals surface area contributed by atoms with Crippen LogP contribution in [0.2, 0.25) is 0 Å². The van der Waals surface area contributed by atoms with Crippen LogP contribution in [0, 0.1) is 6.92 Å². The molecule has 0 heterocycles. The highest BCUT2D eigenvalue weighted by molar-refractivity contribution is 6.29. The minimum atomic E-state index is -0.214. The predicted octanol–water partition coefficient (Wildman–Crippen LogP) is 2.73. The summed E-state index contributed by atoms with van der Waals surface area (Å²) in [7, 11) is 0. The van der Waals surface area contributed by atoms with Gasteiger partial charge >= 0.3 is 0 Å². The Morgan fingerprint density at radius 3 is 2.94 bits per heavy atom. The number of hydrogen-bond acceptors (Lipinski definition) is 2. The van der Waals surface area contributed by atoms with Gasteiger partial charge in [-0.3, -0.25) is 9.79 Å². The first kappa shape index (κ1) is 12.5. The second kappa shape index (κ2) is 6.08. The summed E-state index contributed by atoms with van der Waals surface area (Å²) in [6.45, 7) is 5.45. The smallest absolute Gasteiger partial charge is 0.239 e. The van der Waals surface area contributed by atoms with E-state index in [9.17, 15) is 4.79 Å². The van der Waals surface area contributed by atoms with Crippen molar-refractivity contribution in [1.82, 2.24) is 0 Å². The van der Waals surface area contributed by atoms with Crippen LogP contribution in [-0.4, -0.2) is 18.0 Å². The molecule has 0 saturated carbocycles. The maximum atomic E-state index is 11.1. The highest BCUT2D eigenvalue weighted by Gasteiger charge is 2.01. The molecule has 1 aromatic carbocycles. The lowest BCUT2D eigenvalue weighted by atomic mass is 10.1. The normalized spacial score (nSPS) is 10.4. The zero-order chi connectivity index (χ0) is 12.0. The van der Waals surface area contributed by atoms with Gasteiger partial charge in [0.2, 0.25) is 5.91 Å². The van der Waals surface area contributed by atoms with Gasteiger partial charge in [0.1, 0.15) is 5.88 Å². The van der Waals surface area contributed by atoms with Crippen LogP contribution in [0.25, 0.3) is 0 Å². The Hall–Kier alpha value is -1.61. The molecule has 3 nitrogen and oxygen atoms in total. The number of alkyl halides is 1. The molecule has 0 bridgehead atoms. The zero-order valence-corrected chi connectivity index (χ0v) is 9.79. The third kappa shape index (κ3) is 3.51. The fourth-order valence-electron chi connectivity index (χ4n) is 1.23. The van der Waals surface area contributed by atoms with E-state index in [0.29, 0.717) is 0 Å². The number of carbonyl (C=O) groups excluding carboxylic acids is 1. The highest BCUT2D eigenvalue weighted by Crippen LogP contribution is 2.13. The van der Waals surface area contributed by atoms with Crippen molar-refractivity contribution in [2.75, 3.05) is 11.2 Å². The number of nitrogens with one attached hydrogen (secondary N) is 1. The molecule has 84 valence electrons. The number of amides is 1. The Kier molecular flexibility index (Phi) is 4.73. The SMILES string of the molecule is C=CN=Cc1ccc(NC(=O)CCl)cc1C. The predicted molar refractivity (Wildman–Crippen MR) is 68.3 cm³/mol. The van der Waals surface area contributed by atoms with Gasteiger partial charge < -0.3 is 5.32 Å². The Labute approximate surface area is 99.8 Å². The van der Waals surface area contributed by atoms with Crippen molar-refractivity contribution in [2.45, 2.75) is 6.92 Å². The molecule has 1 amide bonds. The zero-order valence-electron chi connectivity index (χ0n) is 9.03. The van der Waals surface area contributed by atoms with E-state index in [0.717, 1.165) is 16.8 Å². The van der Waals surface area contributed by atoms with Crippen LogP contribution in [0.3, 0.4) is 0 Å². The third-order valence-corrected chi connectivity index (χ3v) is 2.24. The molecule has 0 aliphatic carbocycles. The second-order valence-electron chi connectivity index (χ2n) is 3.21. The van der Waals surface area contributed by atoms with E-state index in [1.54, 1.807) is 6.21 Å². The Morgan fingerprint density at radius 1 is 1.62 bits per heavy atom. The number of hydrogen-bond donors (Lipinski definition) is 1. The summed E-state index contributed by atoms with van der Waals surface area (Å²) in [5, 5.41) is 2.68. The van der Waals surface area contributed by atoms with Crippen molar-refractivity contribution in [2.24, 2.45) is 4.99 Å². The average molecular weight is 237 g/mol. The van der Waals surface area contributed by atoms with E-state index in [-0.39, 0.29) is 11.8 Å². The van der Waals surface area contributed by atoms with Crippen molar-refractivity contribution in [3.8, 4) is 0 Å². The molecule has 0 unspecified atom stereocenters. The molecule has 0 aliphatic rings. The molecule has 0 atom stereocenters. The summed E-state index contributed by atoms with van der Waals surface area (Å²) in [4.78, 5) is 15.0. The summed E-state index contributed by atoms with van der Waals surface area (Å²) < 4.78 is 0. The maximum absolute atomic E-state index is 11.1. The Morgan fingerprint density at radius 2 is 2.38 bits per heavy atom. The Bertz CT molecular complexity index is 427. The van der Waals surface area contributed by atoms with E-state index in [4.69, 9.17) is 11.6 Å². The molecule has 16 heavy (non-hydrogen) atoms. The van der Waals surface area contributed by atoms with Gasteiger partial charge in [0.15, 0.2) is 0 Å². The third-order valence-electron chi connectivity index (χ3n) is 1.99. The van der Waals surface area contributed by atoms with Crippen LogP contribution in [0.1, 0.15) is 11.1 Å². The number of carbonyl (C=O) groups is 1. The van der Waals surface area contributed by atoms with E-state index < -0.39 is 0 Å². The van der Waals surface area contributed by atoms with E-state index in [1.807, 2.05) is 25.1 Å².